The maximum absolute atomic E-state index is 12.9. The van der Waals surface area contributed by atoms with E-state index in [0.29, 0.717) is 5.57 Å². The van der Waals surface area contributed by atoms with Crippen LogP contribution >= 0.6 is 0 Å². The summed E-state index contributed by atoms with van der Waals surface area (Å²) in [5.41, 5.74) is 0.504. The van der Waals surface area contributed by atoms with Gasteiger partial charge in [-0.25, -0.2) is 0 Å². The highest BCUT2D eigenvalue weighted by atomic mass is 16.3. The van der Waals surface area contributed by atoms with Crippen LogP contribution in [0.1, 0.15) is 38.8 Å². The molecule has 0 radical (unpaired) electrons. The number of carbonyl (C=O) groups excluding carboxylic acids is 1. The van der Waals surface area contributed by atoms with Crippen LogP contribution in [0.2, 0.25) is 0 Å². The summed E-state index contributed by atoms with van der Waals surface area (Å²) in [5.74, 6) is 5.46. The number of hydrogen-bond acceptors (Lipinski definition) is 2. The van der Waals surface area contributed by atoms with E-state index in [-0.39, 0.29) is 17.6 Å². The van der Waals surface area contributed by atoms with E-state index in [0.717, 1.165) is 11.1 Å². The maximum Gasteiger partial charge on any atom is 0.165 e. The summed E-state index contributed by atoms with van der Waals surface area (Å²) in [4.78, 5) is 12.9. The number of carbonyl (C=O) groups is 1. The van der Waals surface area contributed by atoms with Gasteiger partial charge in [-0.1, -0.05) is 88.1 Å². The molecule has 1 atom stereocenters. The second-order valence-corrected chi connectivity index (χ2v) is 7.02. The molecule has 0 aromatic heterocycles. The molecule has 2 nitrogen and oxygen atoms in total. The van der Waals surface area contributed by atoms with Gasteiger partial charge in [-0.3, -0.25) is 4.79 Å². The molecule has 0 saturated carbocycles. The van der Waals surface area contributed by atoms with Crippen molar-refractivity contribution < 1.29 is 9.90 Å². The molecule has 0 aliphatic carbocycles. The van der Waals surface area contributed by atoms with E-state index >= 15 is 0 Å². The van der Waals surface area contributed by atoms with Gasteiger partial charge in [0.05, 0.1) is 0 Å². The monoisotopic (exact) mass is 346 g/mol. The maximum atomic E-state index is 12.9. The fourth-order valence-corrected chi connectivity index (χ4v) is 2.61. The van der Waals surface area contributed by atoms with Crippen LogP contribution in [0, 0.1) is 23.7 Å². The smallest absolute Gasteiger partial charge is 0.165 e. The van der Waals surface area contributed by atoms with Crippen LogP contribution in [0.5, 0.6) is 0 Å². The average molecular weight is 346 g/mol. The second-order valence-electron chi connectivity index (χ2n) is 7.02. The highest BCUT2D eigenvalue weighted by Gasteiger charge is 2.38. The summed E-state index contributed by atoms with van der Waals surface area (Å²) < 4.78 is 0. The van der Waals surface area contributed by atoms with Gasteiger partial charge in [-0.2, -0.15) is 0 Å². The van der Waals surface area contributed by atoms with Gasteiger partial charge < -0.3 is 5.11 Å². The van der Waals surface area contributed by atoms with Gasteiger partial charge in [0.2, 0.25) is 0 Å². The van der Waals surface area contributed by atoms with E-state index in [1.165, 1.54) is 0 Å². The summed E-state index contributed by atoms with van der Waals surface area (Å²) in [6.07, 6.45) is 1.77. The quantitative estimate of drug-likeness (QED) is 0.627. The Morgan fingerprint density at radius 1 is 0.962 bits per heavy atom. The molecule has 0 fully saturated rings. The van der Waals surface area contributed by atoms with Crippen molar-refractivity contribution in [3.05, 3.63) is 77.4 Å². The molecule has 2 rings (SSSR count). The molecule has 0 aliphatic rings. The molecule has 2 aromatic carbocycles. The van der Waals surface area contributed by atoms with Crippen molar-refractivity contribution in [2.45, 2.75) is 33.3 Å². The van der Waals surface area contributed by atoms with E-state index < -0.39 is 5.60 Å². The molecule has 0 bridgehead atoms. The number of aliphatic hydroxyl groups is 1. The van der Waals surface area contributed by atoms with Crippen LogP contribution in [0.15, 0.2) is 66.2 Å². The van der Waals surface area contributed by atoms with Gasteiger partial charge in [-0.15, -0.1) is 0 Å². The zero-order valence-corrected chi connectivity index (χ0v) is 15.9. The Morgan fingerprint density at radius 3 is 2.00 bits per heavy atom. The SMILES string of the molecule is CC(C)C(=O)/C(=C\c1ccccc1)C(O)(C#Cc1ccccc1)C(C)C. The molecule has 0 amide bonds. The zero-order valence-electron chi connectivity index (χ0n) is 15.9. The van der Waals surface area contributed by atoms with Crippen LogP contribution in [0.25, 0.3) is 6.08 Å². The third-order valence-electron chi connectivity index (χ3n) is 4.32. The lowest BCUT2D eigenvalue weighted by Gasteiger charge is -2.30. The van der Waals surface area contributed by atoms with Crippen molar-refractivity contribution in [2.75, 3.05) is 0 Å². The third kappa shape index (κ3) is 4.71. The summed E-state index contributed by atoms with van der Waals surface area (Å²) in [7, 11) is 0. The molecular formula is C24H26O2. The molecule has 1 unspecified atom stereocenters. The number of Topliss-reactive ketones (excluding diaryl/α,β-unsaturated/α-hetero) is 1. The van der Waals surface area contributed by atoms with E-state index in [1.54, 1.807) is 6.08 Å². The highest BCUT2D eigenvalue weighted by Crippen LogP contribution is 2.30. The van der Waals surface area contributed by atoms with Gasteiger partial charge in [0.1, 0.15) is 0 Å². The summed E-state index contributed by atoms with van der Waals surface area (Å²) in [6, 6.07) is 19.1. The number of benzene rings is 2. The Kier molecular flexibility index (Phi) is 6.55. The number of rotatable bonds is 5. The Labute approximate surface area is 156 Å². The number of ketones is 1. The van der Waals surface area contributed by atoms with Gasteiger partial charge in [0.25, 0.3) is 0 Å². The van der Waals surface area contributed by atoms with Gasteiger partial charge >= 0.3 is 0 Å². The van der Waals surface area contributed by atoms with Crippen molar-refractivity contribution in [2.24, 2.45) is 11.8 Å². The van der Waals surface area contributed by atoms with Crippen molar-refractivity contribution in [3.63, 3.8) is 0 Å². The summed E-state index contributed by atoms with van der Waals surface area (Å²) >= 11 is 0. The second kappa shape index (κ2) is 8.65. The fourth-order valence-electron chi connectivity index (χ4n) is 2.61. The number of hydrogen-bond donors (Lipinski definition) is 1. The third-order valence-corrected chi connectivity index (χ3v) is 4.32. The first-order valence-electron chi connectivity index (χ1n) is 8.96. The predicted octanol–water partition coefficient (Wildman–Crippen LogP) is 4.73. The molecule has 134 valence electrons. The minimum Gasteiger partial charge on any atom is -0.373 e. The van der Waals surface area contributed by atoms with Crippen molar-refractivity contribution in [1.82, 2.24) is 0 Å². The first kappa shape index (κ1) is 19.7. The Balaban J connectivity index is 2.59. The molecule has 0 heterocycles. The van der Waals surface area contributed by atoms with Gasteiger partial charge in [0.15, 0.2) is 11.4 Å². The molecule has 0 saturated heterocycles. The molecule has 2 heteroatoms. The molecule has 0 aliphatic heterocycles. The normalized spacial score (nSPS) is 13.9. The van der Waals surface area contributed by atoms with Crippen LogP contribution in [-0.4, -0.2) is 16.5 Å². The van der Waals surface area contributed by atoms with Gasteiger partial charge in [0, 0.05) is 17.1 Å². The topological polar surface area (TPSA) is 37.3 Å². The Hall–Kier alpha value is -2.63. The van der Waals surface area contributed by atoms with Crippen LogP contribution in [0.3, 0.4) is 0 Å². The molecule has 2 aromatic rings. The summed E-state index contributed by atoms with van der Waals surface area (Å²) in [5, 5.41) is 11.4. The van der Waals surface area contributed by atoms with E-state index in [1.807, 2.05) is 88.4 Å². The molecular weight excluding hydrogens is 320 g/mol. The lowest BCUT2D eigenvalue weighted by Crippen LogP contribution is -2.40. The summed E-state index contributed by atoms with van der Waals surface area (Å²) in [6.45, 7) is 7.44. The standard InChI is InChI=1S/C24H26O2/c1-18(2)23(25)22(17-21-13-9-6-10-14-21)24(26,19(3)4)16-15-20-11-7-5-8-12-20/h5-14,17-19,26H,1-4H3/b22-17+. The first-order chi connectivity index (χ1) is 12.3. The Morgan fingerprint density at radius 2 is 1.50 bits per heavy atom. The van der Waals surface area contributed by atoms with Crippen LogP contribution < -0.4 is 0 Å². The lowest BCUT2D eigenvalue weighted by atomic mass is 9.78. The largest absolute Gasteiger partial charge is 0.373 e. The molecule has 0 spiro atoms. The van der Waals surface area contributed by atoms with Crippen LogP contribution in [-0.2, 0) is 4.79 Å². The van der Waals surface area contributed by atoms with E-state index in [4.69, 9.17) is 0 Å². The first-order valence-corrected chi connectivity index (χ1v) is 8.96. The van der Waals surface area contributed by atoms with Crippen molar-refractivity contribution in [3.8, 4) is 11.8 Å². The Bertz CT molecular complexity index is 821. The van der Waals surface area contributed by atoms with Crippen LogP contribution in [0.4, 0.5) is 0 Å². The average Bonchev–Trinajstić information content (AvgIpc) is 2.65. The highest BCUT2D eigenvalue weighted by molar-refractivity contribution is 6.03. The minimum absolute atomic E-state index is 0.0904. The zero-order chi connectivity index (χ0) is 19.2. The van der Waals surface area contributed by atoms with E-state index in [9.17, 15) is 9.90 Å². The lowest BCUT2D eigenvalue weighted by molar-refractivity contribution is -0.120. The predicted molar refractivity (Wildman–Crippen MR) is 107 cm³/mol. The van der Waals surface area contributed by atoms with E-state index in [2.05, 4.69) is 11.8 Å². The fraction of sp³-hybridized carbons (Fsp3) is 0.292. The van der Waals surface area contributed by atoms with Crippen molar-refractivity contribution >= 4 is 11.9 Å². The van der Waals surface area contributed by atoms with Crippen molar-refractivity contribution in [1.29, 1.82) is 0 Å². The molecule has 26 heavy (non-hydrogen) atoms. The molecule has 1 N–H and O–H groups in total. The van der Waals surface area contributed by atoms with Gasteiger partial charge in [-0.05, 0) is 29.7 Å². The minimum atomic E-state index is -1.52.